The molecule has 4 aromatic rings. The molecule has 0 bridgehead atoms. The summed E-state index contributed by atoms with van der Waals surface area (Å²) in [5, 5.41) is 8.18. The van der Waals surface area contributed by atoms with Crippen molar-refractivity contribution in [3.05, 3.63) is 83.7 Å². The van der Waals surface area contributed by atoms with Gasteiger partial charge in [-0.3, -0.25) is 0 Å². The first kappa shape index (κ1) is 16.3. The average molecular weight is 342 g/mol. The lowest BCUT2D eigenvalue weighted by molar-refractivity contribution is 0.894. The van der Waals surface area contributed by atoms with Gasteiger partial charge >= 0.3 is 0 Å². The second-order valence-corrected chi connectivity index (χ2v) is 6.49. The summed E-state index contributed by atoms with van der Waals surface area (Å²) in [7, 11) is 0. The molecule has 2 aromatic heterocycles. The fraction of sp³-hybridized carbons (Fsp3) is 0.182. The second kappa shape index (κ2) is 7.00. The summed E-state index contributed by atoms with van der Waals surface area (Å²) in [6, 6.07) is 20.8. The highest BCUT2D eigenvalue weighted by molar-refractivity contribution is 5.78. The molecule has 0 saturated carbocycles. The Morgan fingerprint density at radius 1 is 0.923 bits per heavy atom. The molecular formula is C22H22N4. The Balaban J connectivity index is 1.68. The minimum Gasteiger partial charge on any atom is -0.369 e. The maximum atomic E-state index is 4.80. The van der Waals surface area contributed by atoms with E-state index >= 15 is 0 Å². The summed E-state index contributed by atoms with van der Waals surface area (Å²) in [4.78, 5) is 4.80. The van der Waals surface area contributed by atoms with Gasteiger partial charge in [-0.2, -0.15) is 9.61 Å². The lowest BCUT2D eigenvalue weighted by Gasteiger charge is -2.13. The zero-order valence-electron chi connectivity index (χ0n) is 15.1. The van der Waals surface area contributed by atoms with E-state index in [0.717, 1.165) is 46.8 Å². The average Bonchev–Trinajstić information content (AvgIpc) is 3.09. The van der Waals surface area contributed by atoms with Gasteiger partial charge in [0, 0.05) is 23.4 Å². The Morgan fingerprint density at radius 3 is 2.35 bits per heavy atom. The third kappa shape index (κ3) is 3.06. The van der Waals surface area contributed by atoms with Crippen LogP contribution in [0.25, 0.3) is 16.8 Å². The Bertz CT molecular complexity index is 1020. The Kier molecular flexibility index (Phi) is 4.40. The highest BCUT2D eigenvalue weighted by Gasteiger charge is 2.14. The van der Waals surface area contributed by atoms with E-state index in [9.17, 15) is 0 Å². The lowest BCUT2D eigenvalue weighted by atomic mass is 10.1. The number of nitrogens with zero attached hydrogens (tertiary/aromatic N) is 3. The minimum atomic E-state index is 0.851. The normalized spacial score (nSPS) is 11.0. The fourth-order valence-electron chi connectivity index (χ4n) is 3.18. The van der Waals surface area contributed by atoms with Crippen LogP contribution in [0.2, 0.25) is 0 Å². The third-order valence-corrected chi connectivity index (χ3v) is 4.76. The molecule has 0 aliphatic heterocycles. The Hall–Kier alpha value is -3.14. The molecule has 0 atom stereocenters. The summed E-state index contributed by atoms with van der Waals surface area (Å²) in [6.45, 7) is 5.00. The first-order valence-corrected chi connectivity index (χ1v) is 8.92. The molecule has 0 amide bonds. The van der Waals surface area contributed by atoms with E-state index in [0.29, 0.717) is 0 Å². The molecule has 1 N–H and O–H groups in total. The monoisotopic (exact) mass is 342 g/mol. The van der Waals surface area contributed by atoms with Gasteiger partial charge in [0.2, 0.25) is 0 Å². The first-order valence-electron chi connectivity index (χ1n) is 8.92. The van der Waals surface area contributed by atoms with Crippen molar-refractivity contribution in [2.24, 2.45) is 0 Å². The van der Waals surface area contributed by atoms with Crippen molar-refractivity contribution in [1.29, 1.82) is 0 Å². The van der Waals surface area contributed by atoms with Gasteiger partial charge in [0.25, 0.3) is 0 Å². The molecule has 4 rings (SSSR count). The number of nitrogens with one attached hydrogen (secondary N) is 1. The highest BCUT2D eigenvalue weighted by atomic mass is 15.3. The molecule has 4 heteroatoms. The summed E-state index contributed by atoms with van der Waals surface area (Å²) in [5.74, 6) is 1.02. The Labute approximate surface area is 153 Å². The SMILES string of the molecule is Cc1nc2c(-c3ccccc3)cnn2c(NCCc2ccccc2)c1C. The molecule has 0 radical (unpaired) electrons. The van der Waals surface area contributed by atoms with Crippen LogP contribution in [0.1, 0.15) is 16.8 Å². The number of aryl methyl sites for hydroxylation is 1. The summed E-state index contributed by atoms with van der Waals surface area (Å²) < 4.78 is 1.93. The molecule has 0 saturated heterocycles. The second-order valence-electron chi connectivity index (χ2n) is 6.49. The standard InChI is InChI=1S/C22H22N4/c1-16-17(2)25-22-20(19-11-7-4-8-12-19)15-24-26(22)21(16)23-14-13-18-9-5-3-6-10-18/h3-12,15,23H,13-14H2,1-2H3. The van der Waals surface area contributed by atoms with Crippen LogP contribution < -0.4 is 5.32 Å². The molecule has 2 aromatic carbocycles. The van der Waals surface area contributed by atoms with Crippen molar-refractivity contribution in [2.75, 3.05) is 11.9 Å². The molecule has 26 heavy (non-hydrogen) atoms. The topological polar surface area (TPSA) is 42.2 Å². The van der Waals surface area contributed by atoms with Crippen LogP contribution in [0.4, 0.5) is 5.82 Å². The van der Waals surface area contributed by atoms with Crippen LogP contribution in [-0.4, -0.2) is 21.1 Å². The maximum Gasteiger partial charge on any atom is 0.165 e. The Morgan fingerprint density at radius 2 is 1.62 bits per heavy atom. The summed E-state index contributed by atoms with van der Waals surface area (Å²) in [5.41, 5.74) is 6.56. The number of hydrogen-bond donors (Lipinski definition) is 1. The van der Waals surface area contributed by atoms with Gasteiger partial charge in [0.1, 0.15) is 5.82 Å². The molecule has 2 heterocycles. The summed E-state index contributed by atoms with van der Waals surface area (Å²) in [6.07, 6.45) is 2.87. The van der Waals surface area contributed by atoms with E-state index in [-0.39, 0.29) is 0 Å². The molecule has 0 aliphatic rings. The zero-order chi connectivity index (χ0) is 17.9. The van der Waals surface area contributed by atoms with E-state index in [1.165, 1.54) is 5.56 Å². The van der Waals surface area contributed by atoms with Gasteiger partial charge in [-0.05, 0) is 31.4 Å². The van der Waals surface area contributed by atoms with Crippen molar-refractivity contribution in [3.8, 4) is 11.1 Å². The molecule has 0 aliphatic carbocycles. The van der Waals surface area contributed by atoms with Crippen LogP contribution in [0, 0.1) is 13.8 Å². The number of anilines is 1. The number of rotatable bonds is 5. The van der Waals surface area contributed by atoms with Gasteiger partial charge in [-0.1, -0.05) is 60.7 Å². The molecule has 0 spiro atoms. The number of fused-ring (bicyclic) bond motifs is 1. The number of hydrogen-bond acceptors (Lipinski definition) is 3. The van der Waals surface area contributed by atoms with Crippen molar-refractivity contribution < 1.29 is 0 Å². The lowest BCUT2D eigenvalue weighted by Crippen LogP contribution is -2.12. The van der Waals surface area contributed by atoms with Crippen molar-refractivity contribution in [2.45, 2.75) is 20.3 Å². The van der Waals surface area contributed by atoms with Crippen LogP contribution >= 0.6 is 0 Å². The van der Waals surface area contributed by atoms with E-state index in [1.807, 2.05) is 35.0 Å². The highest BCUT2D eigenvalue weighted by Crippen LogP contribution is 2.27. The van der Waals surface area contributed by atoms with Gasteiger partial charge in [-0.15, -0.1) is 0 Å². The largest absolute Gasteiger partial charge is 0.369 e. The maximum absolute atomic E-state index is 4.80. The predicted octanol–water partition coefficient (Wildman–Crippen LogP) is 4.67. The molecule has 0 fully saturated rings. The van der Waals surface area contributed by atoms with Crippen molar-refractivity contribution in [1.82, 2.24) is 14.6 Å². The fourth-order valence-corrected chi connectivity index (χ4v) is 3.18. The smallest absolute Gasteiger partial charge is 0.165 e. The van der Waals surface area contributed by atoms with Crippen LogP contribution in [-0.2, 0) is 6.42 Å². The predicted molar refractivity (Wildman–Crippen MR) is 107 cm³/mol. The molecular weight excluding hydrogens is 320 g/mol. The summed E-state index contributed by atoms with van der Waals surface area (Å²) >= 11 is 0. The van der Waals surface area contributed by atoms with Gasteiger partial charge in [-0.25, -0.2) is 4.98 Å². The van der Waals surface area contributed by atoms with Crippen molar-refractivity contribution in [3.63, 3.8) is 0 Å². The van der Waals surface area contributed by atoms with Gasteiger partial charge in [0.15, 0.2) is 5.65 Å². The number of aromatic nitrogens is 3. The molecule has 130 valence electrons. The number of benzene rings is 2. The minimum absolute atomic E-state index is 0.851. The van der Waals surface area contributed by atoms with Crippen LogP contribution in [0.5, 0.6) is 0 Å². The van der Waals surface area contributed by atoms with E-state index in [2.05, 4.69) is 60.7 Å². The van der Waals surface area contributed by atoms with E-state index in [4.69, 9.17) is 4.98 Å². The van der Waals surface area contributed by atoms with Gasteiger partial charge in [0.05, 0.1) is 6.20 Å². The van der Waals surface area contributed by atoms with E-state index < -0.39 is 0 Å². The molecule has 0 unspecified atom stereocenters. The first-order chi connectivity index (χ1) is 12.7. The quantitative estimate of drug-likeness (QED) is 0.573. The van der Waals surface area contributed by atoms with E-state index in [1.54, 1.807) is 0 Å². The van der Waals surface area contributed by atoms with Gasteiger partial charge < -0.3 is 5.32 Å². The molecule has 4 nitrogen and oxygen atoms in total. The zero-order valence-corrected chi connectivity index (χ0v) is 15.1. The van der Waals surface area contributed by atoms with Crippen molar-refractivity contribution >= 4 is 11.5 Å². The van der Waals surface area contributed by atoms with Crippen LogP contribution in [0.3, 0.4) is 0 Å². The third-order valence-electron chi connectivity index (χ3n) is 4.76. The van der Waals surface area contributed by atoms with Crippen LogP contribution in [0.15, 0.2) is 66.9 Å².